The molecule has 0 radical (unpaired) electrons. The Hall–Kier alpha value is -1.76. The molecule has 1 rings (SSSR count). The predicted octanol–water partition coefficient (Wildman–Crippen LogP) is 0.685. The number of anilines is 1. The number of rotatable bonds is 7. The van der Waals surface area contributed by atoms with Crippen LogP contribution in [0.25, 0.3) is 0 Å². The van der Waals surface area contributed by atoms with Gasteiger partial charge in [-0.1, -0.05) is 26.1 Å². The molecule has 0 spiro atoms. The standard InChI is InChI=1S/C12H19N5OS/c1-8(2)7-15-10(18)4-5-14-12-9(11(13)19)3-6-16-17-12/h3,6,8H,4-5,7H2,1-2H3,(H2,13,19)(H,14,17)(H,15,18). The van der Waals surface area contributed by atoms with Crippen LogP contribution in [0.2, 0.25) is 0 Å². The SMILES string of the molecule is CC(C)CNC(=O)CCNc1nnccc1C(N)=S. The predicted molar refractivity (Wildman–Crippen MR) is 78.9 cm³/mol. The van der Waals surface area contributed by atoms with E-state index in [-0.39, 0.29) is 10.9 Å². The minimum Gasteiger partial charge on any atom is -0.389 e. The molecule has 4 N–H and O–H groups in total. The molecular formula is C12H19N5OS. The maximum atomic E-state index is 11.5. The molecule has 19 heavy (non-hydrogen) atoms. The van der Waals surface area contributed by atoms with Crippen molar-refractivity contribution in [2.75, 3.05) is 18.4 Å². The number of amides is 1. The fourth-order valence-electron chi connectivity index (χ4n) is 1.36. The van der Waals surface area contributed by atoms with Crippen molar-refractivity contribution in [1.82, 2.24) is 15.5 Å². The van der Waals surface area contributed by atoms with Gasteiger partial charge < -0.3 is 16.4 Å². The van der Waals surface area contributed by atoms with Gasteiger partial charge in [0.15, 0.2) is 5.82 Å². The molecule has 0 bridgehead atoms. The van der Waals surface area contributed by atoms with Crippen molar-refractivity contribution in [1.29, 1.82) is 0 Å². The number of carbonyl (C=O) groups excluding carboxylic acids is 1. The minimum atomic E-state index is 0.00182. The third kappa shape index (κ3) is 5.60. The van der Waals surface area contributed by atoms with E-state index in [2.05, 4.69) is 20.8 Å². The van der Waals surface area contributed by atoms with E-state index in [0.717, 1.165) is 0 Å². The first-order chi connectivity index (χ1) is 9.00. The van der Waals surface area contributed by atoms with E-state index in [1.165, 1.54) is 6.20 Å². The van der Waals surface area contributed by atoms with Crippen molar-refractivity contribution in [3.8, 4) is 0 Å². The molecule has 0 saturated carbocycles. The quantitative estimate of drug-likeness (QED) is 0.637. The molecule has 1 amide bonds. The van der Waals surface area contributed by atoms with Crippen LogP contribution < -0.4 is 16.4 Å². The average Bonchev–Trinajstić information content (AvgIpc) is 2.36. The molecule has 104 valence electrons. The summed E-state index contributed by atoms with van der Waals surface area (Å²) in [6, 6.07) is 1.69. The van der Waals surface area contributed by atoms with Crippen LogP contribution in [-0.2, 0) is 4.79 Å². The summed E-state index contributed by atoms with van der Waals surface area (Å²) in [4.78, 5) is 11.8. The Labute approximate surface area is 118 Å². The second-order valence-corrected chi connectivity index (χ2v) is 4.97. The Bertz CT molecular complexity index is 450. The molecule has 1 aromatic rings. The molecule has 0 saturated heterocycles. The molecule has 7 heteroatoms. The second kappa shape index (κ2) is 7.63. The first-order valence-corrected chi connectivity index (χ1v) is 6.53. The van der Waals surface area contributed by atoms with E-state index in [0.29, 0.717) is 36.8 Å². The van der Waals surface area contributed by atoms with Gasteiger partial charge in [-0.15, -0.1) is 5.10 Å². The molecular weight excluding hydrogens is 262 g/mol. The highest BCUT2D eigenvalue weighted by Crippen LogP contribution is 2.09. The van der Waals surface area contributed by atoms with Crippen LogP contribution in [0.15, 0.2) is 12.3 Å². The second-order valence-electron chi connectivity index (χ2n) is 4.53. The maximum absolute atomic E-state index is 11.5. The average molecular weight is 281 g/mol. The number of nitrogens with one attached hydrogen (secondary N) is 2. The van der Waals surface area contributed by atoms with Crippen molar-refractivity contribution >= 4 is 28.9 Å². The molecule has 6 nitrogen and oxygen atoms in total. The Morgan fingerprint density at radius 1 is 1.53 bits per heavy atom. The summed E-state index contributed by atoms with van der Waals surface area (Å²) in [6.07, 6.45) is 1.88. The topological polar surface area (TPSA) is 92.9 Å². The summed E-state index contributed by atoms with van der Waals surface area (Å²) in [5.74, 6) is 0.951. The lowest BCUT2D eigenvalue weighted by molar-refractivity contribution is -0.120. The highest BCUT2D eigenvalue weighted by Gasteiger charge is 2.07. The van der Waals surface area contributed by atoms with Crippen LogP contribution in [0.3, 0.4) is 0 Å². The van der Waals surface area contributed by atoms with Crippen LogP contribution >= 0.6 is 12.2 Å². The summed E-state index contributed by atoms with van der Waals surface area (Å²) in [7, 11) is 0. The molecule has 0 unspecified atom stereocenters. The number of aromatic nitrogens is 2. The van der Waals surface area contributed by atoms with Crippen molar-refractivity contribution in [3.63, 3.8) is 0 Å². The molecule has 1 aromatic heterocycles. The normalized spacial score (nSPS) is 10.3. The Balaban J connectivity index is 2.41. The van der Waals surface area contributed by atoms with Gasteiger partial charge in [0, 0.05) is 19.5 Å². The first kappa shape index (κ1) is 15.3. The number of hydrogen-bond donors (Lipinski definition) is 3. The van der Waals surface area contributed by atoms with E-state index < -0.39 is 0 Å². The van der Waals surface area contributed by atoms with E-state index >= 15 is 0 Å². The molecule has 0 aliphatic heterocycles. The number of thiocarbonyl (C=S) groups is 1. The van der Waals surface area contributed by atoms with Crippen molar-refractivity contribution in [3.05, 3.63) is 17.8 Å². The Morgan fingerprint density at radius 3 is 2.89 bits per heavy atom. The number of nitrogens with zero attached hydrogens (tertiary/aromatic N) is 2. The zero-order chi connectivity index (χ0) is 14.3. The fraction of sp³-hybridized carbons (Fsp3) is 0.500. The van der Waals surface area contributed by atoms with E-state index in [1.54, 1.807) is 6.07 Å². The van der Waals surface area contributed by atoms with Gasteiger partial charge in [0.2, 0.25) is 5.91 Å². The van der Waals surface area contributed by atoms with Gasteiger partial charge in [0.25, 0.3) is 0 Å². The van der Waals surface area contributed by atoms with Crippen LogP contribution in [0.1, 0.15) is 25.8 Å². The molecule has 0 aromatic carbocycles. The van der Waals surface area contributed by atoms with Crippen LogP contribution in [0.4, 0.5) is 5.82 Å². The smallest absolute Gasteiger partial charge is 0.221 e. The molecule has 0 aliphatic carbocycles. The van der Waals surface area contributed by atoms with Gasteiger partial charge in [-0.2, -0.15) is 5.10 Å². The van der Waals surface area contributed by atoms with Gasteiger partial charge in [-0.05, 0) is 12.0 Å². The summed E-state index contributed by atoms with van der Waals surface area (Å²) >= 11 is 4.91. The monoisotopic (exact) mass is 281 g/mol. The van der Waals surface area contributed by atoms with Crippen molar-refractivity contribution in [2.24, 2.45) is 11.7 Å². The summed E-state index contributed by atoms with van der Waals surface area (Å²) in [5, 5.41) is 13.5. The van der Waals surface area contributed by atoms with Crippen LogP contribution in [-0.4, -0.2) is 34.2 Å². The van der Waals surface area contributed by atoms with Crippen LogP contribution in [0.5, 0.6) is 0 Å². The Kier molecular flexibility index (Phi) is 6.14. The highest BCUT2D eigenvalue weighted by molar-refractivity contribution is 7.80. The van der Waals surface area contributed by atoms with Gasteiger partial charge >= 0.3 is 0 Å². The highest BCUT2D eigenvalue weighted by atomic mass is 32.1. The molecule has 0 aliphatic rings. The van der Waals surface area contributed by atoms with E-state index in [9.17, 15) is 4.79 Å². The number of hydrogen-bond acceptors (Lipinski definition) is 5. The lowest BCUT2D eigenvalue weighted by atomic mass is 10.2. The fourth-order valence-corrected chi connectivity index (χ4v) is 1.53. The third-order valence-electron chi connectivity index (χ3n) is 2.34. The van der Waals surface area contributed by atoms with Gasteiger partial charge in [-0.3, -0.25) is 4.79 Å². The summed E-state index contributed by atoms with van der Waals surface area (Å²) < 4.78 is 0. The zero-order valence-electron chi connectivity index (χ0n) is 11.1. The third-order valence-corrected chi connectivity index (χ3v) is 2.56. The van der Waals surface area contributed by atoms with Gasteiger partial charge in [-0.25, -0.2) is 0 Å². The largest absolute Gasteiger partial charge is 0.389 e. The zero-order valence-corrected chi connectivity index (χ0v) is 12.0. The molecule has 1 heterocycles. The minimum absolute atomic E-state index is 0.00182. The summed E-state index contributed by atoms with van der Waals surface area (Å²) in [6.45, 7) is 5.24. The first-order valence-electron chi connectivity index (χ1n) is 6.12. The lowest BCUT2D eigenvalue weighted by Gasteiger charge is -2.10. The molecule has 0 fully saturated rings. The van der Waals surface area contributed by atoms with Gasteiger partial charge in [0.05, 0.1) is 11.8 Å². The van der Waals surface area contributed by atoms with Crippen LogP contribution in [0, 0.1) is 5.92 Å². The maximum Gasteiger partial charge on any atom is 0.221 e. The molecule has 0 atom stereocenters. The van der Waals surface area contributed by atoms with Crippen molar-refractivity contribution in [2.45, 2.75) is 20.3 Å². The van der Waals surface area contributed by atoms with E-state index in [1.807, 2.05) is 13.8 Å². The summed E-state index contributed by atoms with van der Waals surface area (Å²) in [5.41, 5.74) is 6.20. The number of carbonyl (C=O) groups is 1. The Morgan fingerprint density at radius 2 is 2.26 bits per heavy atom. The lowest BCUT2D eigenvalue weighted by Crippen LogP contribution is -2.29. The van der Waals surface area contributed by atoms with E-state index in [4.69, 9.17) is 18.0 Å². The number of nitrogens with two attached hydrogens (primary N) is 1. The van der Waals surface area contributed by atoms with Gasteiger partial charge in [0.1, 0.15) is 4.99 Å². The van der Waals surface area contributed by atoms with Crippen molar-refractivity contribution < 1.29 is 4.79 Å².